The zero-order chi connectivity index (χ0) is 27.7. The Balaban J connectivity index is 1.32. The molecule has 0 saturated carbocycles. The van der Waals surface area contributed by atoms with Gasteiger partial charge in [0.25, 0.3) is 11.8 Å². The summed E-state index contributed by atoms with van der Waals surface area (Å²) in [5, 5.41) is 2.68. The lowest BCUT2D eigenvalue weighted by atomic mass is 10.1. The van der Waals surface area contributed by atoms with Crippen molar-refractivity contribution in [3.63, 3.8) is 0 Å². The molecule has 8 heteroatoms. The van der Waals surface area contributed by atoms with E-state index in [4.69, 9.17) is 9.47 Å². The molecule has 3 amide bonds. The van der Waals surface area contributed by atoms with E-state index in [1.54, 1.807) is 42.5 Å². The number of anilines is 2. The lowest BCUT2D eigenvalue weighted by Crippen LogP contribution is -2.29. The van der Waals surface area contributed by atoms with Gasteiger partial charge in [-0.1, -0.05) is 12.1 Å². The summed E-state index contributed by atoms with van der Waals surface area (Å²) in [6.07, 6.45) is 0. The van der Waals surface area contributed by atoms with Crippen LogP contribution in [0.15, 0.2) is 84.9 Å². The van der Waals surface area contributed by atoms with Gasteiger partial charge in [0.15, 0.2) is 0 Å². The number of fused-ring (bicyclic) bond motifs is 1. The van der Waals surface area contributed by atoms with Crippen molar-refractivity contribution in [3.05, 3.63) is 113 Å². The van der Waals surface area contributed by atoms with Crippen LogP contribution in [0.5, 0.6) is 17.2 Å². The first kappa shape index (κ1) is 25.4. The van der Waals surface area contributed by atoms with E-state index in [9.17, 15) is 19.2 Å². The maximum Gasteiger partial charge on any atom is 0.343 e. The third kappa shape index (κ3) is 5.26. The van der Waals surface area contributed by atoms with Gasteiger partial charge in [0.1, 0.15) is 17.2 Å². The van der Waals surface area contributed by atoms with Gasteiger partial charge in [-0.05, 0) is 91.7 Å². The van der Waals surface area contributed by atoms with Crippen LogP contribution in [0.4, 0.5) is 11.4 Å². The number of nitrogens with zero attached hydrogens (tertiary/aromatic N) is 1. The molecule has 8 nitrogen and oxygen atoms in total. The van der Waals surface area contributed by atoms with Crippen molar-refractivity contribution in [3.8, 4) is 17.2 Å². The molecule has 1 aliphatic rings. The second kappa shape index (κ2) is 10.3. The third-order valence-corrected chi connectivity index (χ3v) is 6.30. The summed E-state index contributed by atoms with van der Waals surface area (Å²) in [6, 6.07) is 23.0. The summed E-state index contributed by atoms with van der Waals surface area (Å²) in [7, 11) is 0. The molecule has 0 spiro atoms. The molecule has 1 aliphatic heterocycles. The Morgan fingerprint density at radius 3 is 2.13 bits per heavy atom. The zero-order valence-corrected chi connectivity index (χ0v) is 21.5. The Bertz CT molecular complexity index is 1640. The minimum Gasteiger partial charge on any atom is -0.457 e. The molecular weight excluding hydrogens is 496 g/mol. The van der Waals surface area contributed by atoms with E-state index in [2.05, 4.69) is 5.32 Å². The number of aryl methyl sites for hydroxylation is 2. The minimum absolute atomic E-state index is 0.203. The molecule has 0 aromatic heterocycles. The topological polar surface area (TPSA) is 102 Å². The van der Waals surface area contributed by atoms with E-state index in [0.29, 0.717) is 28.6 Å². The van der Waals surface area contributed by atoms with E-state index in [1.165, 1.54) is 43.3 Å². The summed E-state index contributed by atoms with van der Waals surface area (Å²) in [5.74, 6) is -0.471. The van der Waals surface area contributed by atoms with Crippen molar-refractivity contribution in [2.45, 2.75) is 20.8 Å². The first-order chi connectivity index (χ1) is 18.7. The van der Waals surface area contributed by atoms with Crippen LogP contribution in [-0.2, 0) is 4.79 Å². The highest BCUT2D eigenvalue weighted by Gasteiger charge is 2.37. The lowest BCUT2D eigenvalue weighted by Gasteiger charge is -2.14. The first-order valence-electron chi connectivity index (χ1n) is 12.2. The molecule has 0 unspecified atom stereocenters. The summed E-state index contributed by atoms with van der Waals surface area (Å²) >= 11 is 0. The van der Waals surface area contributed by atoms with Crippen LogP contribution in [0.1, 0.15) is 49.1 Å². The number of hydrogen-bond donors (Lipinski definition) is 1. The molecule has 0 saturated heterocycles. The van der Waals surface area contributed by atoms with Crippen LogP contribution >= 0.6 is 0 Å². The number of hydrogen-bond acceptors (Lipinski definition) is 6. The highest BCUT2D eigenvalue weighted by Crippen LogP contribution is 2.33. The SMILES string of the molecule is CC(=O)Nc1cccc(Oc2ccc3c(c2)C(=O)N(c2ccc(C(=O)Oc4ccc(C)c(C)c4)cc2)C3=O)c1. The van der Waals surface area contributed by atoms with Crippen LogP contribution in [0.3, 0.4) is 0 Å². The molecule has 0 atom stereocenters. The van der Waals surface area contributed by atoms with Crippen molar-refractivity contribution >= 4 is 35.1 Å². The maximum atomic E-state index is 13.2. The average Bonchev–Trinajstić information content (AvgIpc) is 3.15. The van der Waals surface area contributed by atoms with Gasteiger partial charge < -0.3 is 14.8 Å². The molecule has 4 aromatic carbocycles. The zero-order valence-electron chi connectivity index (χ0n) is 21.5. The minimum atomic E-state index is -0.545. The fraction of sp³-hybridized carbons (Fsp3) is 0.0968. The molecule has 1 N–H and O–H groups in total. The Morgan fingerprint density at radius 2 is 1.41 bits per heavy atom. The molecule has 0 aliphatic carbocycles. The summed E-state index contributed by atoms with van der Waals surface area (Å²) in [4.78, 5) is 51.3. The fourth-order valence-corrected chi connectivity index (χ4v) is 4.18. The number of ether oxygens (including phenoxy) is 2. The number of carbonyl (C=O) groups is 4. The first-order valence-corrected chi connectivity index (χ1v) is 12.2. The number of benzene rings is 4. The van der Waals surface area contributed by atoms with Crippen molar-refractivity contribution < 1.29 is 28.7 Å². The van der Waals surface area contributed by atoms with Crippen LogP contribution < -0.4 is 19.7 Å². The van der Waals surface area contributed by atoms with E-state index < -0.39 is 17.8 Å². The van der Waals surface area contributed by atoms with Crippen molar-refractivity contribution in [1.29, 1.82) is 0 Å². The fourth-order valence-electron chi connectivity index (χ4n) is 4.18. The summed E-state index contributed by atoms with van der Waals surface area (Å²) in [6.45, 7) is 5.32. The van der Waals surface area contributed by atoms with E-state index in [-0.39, 0.29) is 22.6 Å². The van der Waals surface area contributed by atoms with Crippen LogP contribution in [-0.4, -0.2) is 23.7 Å². The normalized spacial score (nSPS) is 12.2. The number of imide groups is 1. The van der Waals surface area contributed by atoms with Crippen LogP contribution in [0.25, 0.3) is 0 Å². The van der Waals surface area contributed by atoms with Gasteiger partial charge in [-0.15, -0.1) is 0 Å². The van der Waals surface area contributed by atoms with E-state index in [0.717, 1.165) is 16.0 Å². The Morgan fingerprint density at radius 1 is 0.718 bits per heavy atom. The van der Waals surface area contributed by atoms with Crippen LogP contribution in [0.2, 0.25) is 0 Å². The highest BCUT2D eigenvalue weighted by molar-refractivity contribution is 6.34. The smallest absolute Gasteiger partial charge is 0.343 e. The predicted molar refractivity (Wildman–Crippen MR) is 146 cm³/mol. The lowest BCUT2D eigenvalue weighted by molar-refractivity contribution is -0.114. The van der Waals surface area contributed by atoms with Gasteiger partial charge in [0.2, 0.25) is 5.91 Å². The number of esters is 1. The molecule has 0 radical (unpaired) electrons. The van der Waals surface area contributed by atoms with Crippen molar-refractivity contribution in [2.24, 2.45) is 0 Å². The molecule has 1 heterocycles. The Kier molecular flexibility index (Phi) is 6.68. The summed E-state index contributed by atoms with van der Waals surface area (Å²) < 4.78 is 11.3. The van der Waals surface area contributed by atoms with Crippen LogP contribution in [0, 0.1) is 13.8 Å². The average molecular weight is 521 g/mol. The second-order valence-corrected chi connectivity index (χ2v) is 9.15. The van der Waals surface area contributed by atoms with Gasteiger partial charge in [-0.3, -0.25) is 14.4 Å². The standard InChI is InChI=1S/C31H24N2O6/c1-18-7-12-25(15-19(18)2)39-31(37)21-8-10-23(11-9-21)33-29(35)27-14-13-26(17-28(27)30(33)36)38-24-6-4-5-22(16-24)32-20(3)34/h4-17H,1-3H3,(H,32,34). The third-order valence-electron chi connectivity index (χ3n) is 6.30. The largest absolute Gasteiger partial charge is 0.457 e. The van der Waals surface area contributed by atoms with Gasteiger partial charge >= 0.3 is 5.97 Å². The van der Waals surface area contributed by atoms with Crippen molar-refractivity contribution in [2.75, 3.05) is 10.2 Å². The number of nitrogens with one attached hydrogen (secondary N) is 1. The predicted octanol–water partition coefficient (Wildman–Crippen LogP) is 6.07. The number of rotatable bonds is 6. The van der Waals surface area contributed by atoms with Gasteiger partial charge in [-0.2, -0.15) is 0 Å². The molecule has 4 aromatic rings. The molecule has 194 valence electrons. The maximum absolute atomic E-state index is 13.2. The molecule has 0 fully saturated rings. The highest BCUT2D eigenvalue weighted by atomic mass is 16.5. The molecular formula is C31H24N2O6. The monoisotopic (exact) mass is 520 g/mol. The van der Waals surface area contributed by atoms with Gasteiger partial charge in [-0.25, -0.2) is 9.69 Å². The Hall–Kier alpha value is -5.24. The van der Waals surface area contributed by atoms with E-state index >= 15 is 0 Å². The molecule has 0 bridgehead atoms. The number of amides is 3. The Labute approximate surface area is 224 Å². The van der Waals surface area contributed by atoms with Gasteiger partial charge in [0.05, 0.1) is 22.4 Å². The van der Waals surface area contributed by atoms with Gasteiger partial charge in [0, 0.05) is 18.7 Å². The quantitative estimate of drug-likeness (QED) is 0.188. The van der Waals surface area contributed by atoms with Crippen molar-refractivity contribution in [1.82, 2.24) is 0 Å². The number of carbonyl (C=O) groups excluding carboxylic acids is 4. The molecule has 5 rings (SSSR count). The molecule has 39 heavy (non-hydrogen) atoms. The summed E-state index contributed by atoms with van der Waals surface area (Å²) in [5.41, 5.74) is 3.73. The second-order valence-electron chi connectivity index (χ2n) is 9.15. The van der Waals surface area contributed by atoms with E-state index in [1.807, 2.05) is 19.9 Å².